The van der Waals surface area contributed by atoms with E-state index in [4.69, 9.17) is 10.4 Å². The molecule has 0 bridgehead atoms. The number of hydrogen-bond donors (Lipinski definition) is 2. The molecule has 2 aromatic heterocycles. The number of H-pyrrole nitrogens is 1. The maximum absolute atomic E-state index is 9.09. The van der Waals surface area contributed by atoms with E-state index in [2.05, 4.69) is 27.3 Å². The second-order valence-corrected chi connectivity index (χ2v) is 5.61. The third kappa shape index (κ3) is 2.20. The molecule has 1 aliphatic rings. The number of nitriles is 1. The van der Waals surface area contributed by atoms with Crippen molar-refractivity contribution in [2.45, 2.75) is 12.8 Å². The van der Waals surface area contributed by atoms with Crippen molar-refractivity contribution in [2.24, 2.45) is 0 Å². The molecule has 4 rings (SSSR count). The van der Waals surface area contributed by atoms with E-state index in [9.17, 15) is 0 Å². The first-order chi connectivity index (χ1) is 11.3. The van der Waals surface area contributed by atoms with Crippen LogP contribution in [0.5, 0.6) is 0 Å². The third-order valence-electron chi connectivity index (χ3n) is 4.23. The van der Waals surface area contributed by atoms with Crippen LogP contribution in [0, 0.1) is 11.3 Å². The second kappa shape index (κ2) is 5.34. The highest BCUT2D eigenvalue weighted by Gasteiger charge is 2.25. The molecule has 1 aliphatic carbocycles. The smallest absolute Gasteiger partial charge is 0.140 e. The van der Waals surface area contributed by atoms with Crippen LogP contribution >= 0.6 is 0 Å². The van der Waals surface area contributed by atoms with Gasteiger partial charge in [0.2, 0.25) is 0 Å². The molecule has 5 nitrogen and oxygen atoms in total. The van der Waals surface area contributed by atoms with Crippen LogP contribution < -0.4 is 0 Å². The predicted octanol–water partition coefficient (Wildman–Crippen LogP) is 2.45. The minimum Gasteiger partial charge on any atom is -0.396 e. The average Bonchev–Trinajstić information content (AvgIpc) is 3.14. The highest BCUT2D eigenvalue weighted by molar-refractivity contribution is 5.81. The van der Waals surface area contributed by atoms with Gasteiger partial charge in [0.1, 0.15) is 11.8 Å². The van der Waals surface area contributed by atoms with Gasteiger partial charge in [-0.15, -0.1) is 0 Å². The Hall–Kier alpha value is -2.97. The molecule has 3 aromatic rings. The van der Waals surface area contributed by atoms with Crippen LogP contribution in [0.2, 0.25) is 0 Å². The number of rotatable bonds is 3. The highest BCUT2D eigenvalue weighted by atomic mass is 16.2. The fraction of sp³-hybridized carbons (Fsp3) is 0.167. The molecule has 1 aromatic carbocycles. The Morgan fingerprint density at radius 2 is 2.17 bits per heavy atom. The molecule has 0 saturated heterocycles. The van der Waals surface area contributed by atoms with Crippen LogP contribution in [-0.2, 0) is 12.8 Å². The van der Waals surface area contributed by atoms with E-state index in [-0.39, 0.29) is 6.61 Å². The number of aliphatic hydroxyl groups excluding tert-OH is 1. The van der Waals surface area contributed by atoms with Gasteiger partial charge in [0.05, 0.1) is 11.4 Å². The molecular formula is C18H14N4O. The molecule has 5 heteroatoms. The standard InChI is InChI=1S/C18H14N4O/c19-9-14-3-2-12(10-20-14)17-16-8-13-7-11(5-6-23)1-4-15(13)18(16)22-21-17/h1-4,7,10,23H,5-6,8H2,(H,21,22). The van der Waals surface area contributed by atoms with Gasteiger partial charge in [0.25, 0.3) is 0 Å². The number of nitrogens with one attached hydrogen (secondary N) is 1. The van der Waals surface area contributed by atoms with Gasteiger partial charge in [0, 0.05) is 35.9 Å². The van der Waals surface area contributed by atoms with Gasteiger partial charge in [-0.2, -0.15) is 10.4 Å². The second-order valence-electron chi connectivity index (χ2n) is 5.61. The van der Waals surface area contributed by atoms with Crippen LogP contribution in [0.25, 0.3) is 22.5 Å². The van der Waals surface area contributed by atoms with Crippen LogP contribution in [0.1, 0.15) is 22.4 Å². The summed E-state index contributed by atoms with van der Waals surface area (Å²) < 4.78 is 0. The monoisotopic (exact) mass is 302 g/mol. The Morgan fingerprint density at radius 3 is 2.91 bits per heavy atom. The molecule has 23 heavy (non-hydrogen) atoms. The zero-order valence-electron chi connectivity index (χ0n) is 12.4. The lowest BCUT2D eigenvalue weighted by Crippen LogP contribution is -1.93. The summed E-state index contributed by atoms with van der Waals surface area (Å²) >= 11 is 0. The average molecular weight is 302 g/mol. The Morgan fingerprint density at radius 1 is 1.26 bits per heavy atom. The van der Waals surface area contributed by atoms with Crippen LogP contribution in [0.15, 0.2) is 36.5 Å². The fourth-order valence-electron chi connectivity index (χ4n) is 3.11. The number of hydrogen-bond acceptors (Lipinski definition) is 4. The molecule has 2 N–H and O–H groups in total. The van der Waals surface area contributed by atoms with Crippen molar-refractivity contribution in [3.05, 3.63) is 58.9 Å². The lowest BCUT2D eigenvalue weighted by atomic mass is 10.0. The van der Waals surface area contributed by atoms with Crippen molar-refractivity contribution in [1.82, 2.24) is 15.2 Å². The summed E-state index contributed by atoms with van der Waals surface area (Å²) in [5, 5.41) is 25.5. The number of aliphatic hydroxyl groups is 1. The fourth-order valence-corrected chi connectivity index (χ4v) is 3.11. The molecule has 0 spiro atoms. The van der Waals surface area contributed by atoms with E-state index >= 15 is 0 Å². The number of benzene rings is 1. The summed E-state index contributed by atoms with van der Waals surface area (Å²) in [7, 11) is 0. The Balaban J connectivity index is 1.73. The zero-order chi connectivity index (χ0) is 15.8. The zero-order valence-corrected chi connectivity index (χ0v) is 12.4. The summed E-state index contributed by atoms with van der Waals surface area (Å²) in [6.45, 7) is 0.161. The van der Waals surface area contributed by atoms with Crippen molar-refractivity contribution in [3.63, 3.8) is 0 Å². The van der Waals surface area contributed by atoms with E-state index in [1.165, 1.54) is 11.1 Å². The number of pyridine rings is 1. The van der Waals surface area contributed by atoms with E-state index in [1.807, 2.05) is 18.2 Å². The minimum atomic E-state index is 0.161. The molecule has 0 fully saturated rings. The highest BCUT2D eigenvalue weighted by Crippen LogP contribution is 2.40. The normalized spacial score (nSPS) is 11.8. The van der Waals surface area contributed by atoms with Gasteiger partial charge in [-0.25, -0.2) is 4.98 Å². The number of fused-ring (bicyclic) bond motifs is 3. The Labute approximate surface area is 133 Å². The lowest BCUT2D eigenvalue weighted by Gasteiger charge is -2.03. The summed E-state index contributed by atoms with van der Waals surface area (Å²) in [5.74, 6) is 0. The first kappa shape index (κ1) is 13.7. The third-order valence-corrected chi connectivity index (χ3v) is 4.23. The van der Waals surface area contributed by atoms with Crippen LogP contribution in [-0.4, -0.2) is 26.9 Å². The summed E-state index contributed by atoms with van der Waals surface area (Å²) in [6.07, 6.45) is 3.18. The molecule has 0 aliphatic heterocycles. The minimum absolute atomic E-state index is 0.161. The quantitative estimate of drug-likeness (QED) is 0.608. The van der Waals surface area contributed by atoms with Crippen LogP contribution in [0.3, 0.4) is 0 Å². The maximum Gasteiger partial charge on any atom is 0.140 e. The Bertz CT molecular complexity index is 919. The van der Waals surface area contributed by atoms with Crippen molar-refractivity contribution in [2.75, 3.05) is 6.61 Å². The molecular weight excluding hydrogens is 288 g/mol. The summed E-state index contributed by atoms with van der Waals surface area (Å²) in [4.78, 5) is 4.12. The number of nitrogens with zero attached hydrogens (tertiary/aromatic N) is 3. The molecule has 112 valence electrons. The number of aromatic amines is 1. The first-order valence-corrected chi connectivity index (χ1v) is 7.47. The summed E-state index contributed by atoms with van der Waals surface area (Å²) in [6, 6.07) is 11.9. The SMILES string of the molecule is N#Cc1ccc(-c2n[nH]c3c2Cc2cc(CCO)ccc2-3)cn1. The molecule has 0 amide bonds. The molecule has 2 heterocycles. The number of aromatic nitrogens is 3. The van der Waals surface area contributed by atoms with E-state index in [0.717, 1.165) is 34.5 Å². The first-order valence-electron chi connectivity index (χ1n) is 7.47. The van der Waals surface area contributed by atoms with Gasteiger partial charge in [-0.05, 0) is 29.7 Å². The Kier molecular flexibility index (Phi) is 3.18. The molecule has 0 unspecified atom stereocenters. The summed E-state index contributed by atoms with van der Waals surface area (Å²) in [5.41, 5.74) is 7.97. The predicted molar refractivity (Wildman–Crippen MR) is 85.6 cm³/mol. The van der Waals surface area contributed by atoms with Gasteiger partial charge >= 0.3 is 0 Å². The van der Waals surface area contributed by atoms with E-state index in [0.29, 0.717) is 12.1 Å². The largest absolute Gasteiger partial charge is 0.396 e. The van der Waals surface area contributed by atoms with E-state index in [1.54, 1.807) is 12.3 Å². The molecule has 0 radical (unpaired) electrons. The van der Waals surface area contributed by atoms with Gasteiger partial charge in [-0.1, -0.05) is 18.2 Å². The van der Waals surface area contributed by atoms with E-state index < -0.39 is 0 Å². The van der Waals surface area contributed by atoms with Gasteiger partial charge < -0.3 is 5.11 Å². The van der Waals surface area contributed by atoms with Crippen molar-refractivity contribution in [3.8, 4) is 28.6 Å². The van der Waals surface area contributed by atoms with Gasteiger partial charge in [0.15, 0.2) is 0 Å². The topological polar surface area (TPSA) is 85.6 Å². The van der Waals surface area contributed by atoms with Crippen molar-refractivity contribution < 1.29 is 5.11 Å². The van der Waals surface area contributed by atoms with Crippen LogP contribution in [0.4, 0.5) is 0 Å². The van der Waals surface area contributed by atoms with Crippen molar-refractivity contribution >= 4 is 0 Å². The maximum atomic E-state index is 9.09. The lowest BCUT2D eigenvalue weighted by molar-refractivity contribution is 0.299. The van der Waals surface area contributed by atoms with Crippen molar-refractivity contribution in [1.29, 1.82) is 5.26 Å². The van der Waals surface area contributed by atoms with Gasteiger partial charge in [-0.3, -0.25) is 5.10 Å². The molecule has 0 saturated carbocycles. The molecule has 0 atom stereocenters.